The molecule has 204 valence electrons. The average Bonchev–Trinajstić information content (AvgIpc) is 3.51. The number of ether oxygens (including phenoxy) is 2. The molecule has 0 amide bonds. The number of aromatic nitrogens is 1. The van der Waals surface area contributed by atoms with Gasteiger partial charge >= 0.3 is 5.97 Å². The predicted octanol–water partition coefficient (Wildman–Crippen LogP) is 4.28. The number of furan rings is 1. The summed E-state index contributed by atoms with van der Waals surface area (Å²) in [6.07, 6.45) is 1.62. The molecule has 0 radical (unpaired) electrons. The molecule has 0 fully saturated rings. The first-order chi connectivity index (χ1) is 19.2. The molecule has 1 aliphatic rings. The van der Waals surface area contributed by atoms with Gasteiger partial charge in [0.2, 0.25) is 0 Å². The number of para-hydroxylation sites is 1. The summed E-state index contributed by atoms with van der Waals surface area (Å²) in [6, 6.07) is 14.4. The second-order valence-electron chi connectivity index (χ2n) is 9.00. The number of allylic oxidation sites excluding steroid dienone is 1. The number of carbonyl (C=O) groups is 1. The number of carbonyl (C=O) groups excluding carboxylic acids is 1. The highest BCUT2D eigenvalue weighted by Gasteiger charge is 2.35. The van der Waals surface area contributed by atoms with E-state index in [0.29, 0.717) is 49.0 Å². The van der Waals surface area contributed by atoms with Gasteiger partial charge in [-0.25, -0.2) is 9.79 Å². The fourth-order valence-electron chi connectivity index (χ4n) is 4.72. The minimum Gasteiger partial charge on any atom is -0.496 e. The van der Waals surface area contributed by atoms with Crippen LogP contribution in [0.2, 0.25) is 0 Å². The molecule has 3 heterocycles. The molecular weight excluding hydrogens is 534 g/mol. The van der Waals surface area contributed by atoms with Crippen LogP contribution in [0.5, 0.6) is 5.75 Å². The fourth-order valence-corrected chi connectivity index (χ4v) is 5.75. The highest BCUT2D eigenvalue weighted by molar-refractivity contribution is 7.07. The molecule has 0 saturated heterocycles. The van der Waals surface area contributed by atoms with Gasteiger partial charge in [-0.3, -0.25) is 19.5 Å². The summed E-state index contributed by atoms with van der Waals surface area (Å²) in [5, 5.41) is 11.1. The summed E-state index contributed by atoms with van der Waals surface area (Å²) in [5.74, 6) is 0.905. The van der Waals surface area contributed by atoms with E-state index in [4.69, 9.17) is 13.9 Å². The quantitative estimate of drug-likeness (QED) is 0.188. The number of non-ortho nitro benzene ring substituents is 1. The number of hydrogen-bond acceptors (Lipinski definition) is 9. The smallest absolute Gasteiger partial charge is 0.338 e. The first kappa shape index (κ1) is 26.8. The molecule has 0 aliphatic carbocycles. The van der Waals surface area contributed by atoms with Crippen molar-refractivity contribution in [2.24, 2.45) is 4.99 Å². The fraction of sp³-hybridized carbons (Fsp3) is 0.207. The Bertz CT molecular complexity index is 1860. The highest BCUT2D eigenvalue weighted by Crippen LogP contribution is 2.35. The number of benzene rings is 2. The SMILES string of the molecule is CCOC(=O)C1=C(C)N=c2s/c(=C\c3ccc(-c4ccc([N+](=O)[O-])cc4C)o3)c(=O)n2C1c1ccccc1OC. The Morgan fingerprint density at radius 3 is 2.67 bits per heavy atom. The first-order valence-electron chi connectivity index (χ1n) is 12.4. The van der Waals surface area contributed by atoms with Gasteiger partial charge in [-0.1, -0.05) is 29.5 Å². The van der Waals surface area contributed by atoms with E-state index < -0.39 is 16.9 Å². The zero-order chi connectivity index (χ0) is 28.6. The number of nitrogens with zero attached hydrogens (tertiary/aromatic N) is 3. The minimum absolute atomic E-state index is 0.00350. The average molecular weight is 560 g/mol. The molecule has 0 spiro atoms. The van der Waals surface area contributed by atoms with Gasteiger partial charge in [-0.05, 0) is 50.6 Å². The Balaban J connectivity index is 1.63. The summed E-state index contributed by atoms with van der Waals surface area (Å²) in [4.78, 5) is 42.6. The number of fused-ring (bicyclic) bond motifs is 1. The van der Waals surface area contributed by atoms with E-state index in [1.807, 2.05) is 18.2 Å². The van der Waals surface area contributed by atoms with Crippen LogP contribution in [0.1, 0.15) is 36.8 Å². The molecule has 4 aromatic rings. The Kier molecular flexibility index (Phi) is 7.22. The van der Waals surface area contributed by atoms with E-state index in [0.717, 1.165) is 0 Å². The van der Waals surface area contributed by atoms with Crippen molar-refractivity contribution >= 4 is 29.1 Å². The van der Waals surface area contributed by atoms with Crippen LogP contribution in [-0.2, 0) is 9.53 Å². The van der Waals surface area contributed by atoms with E-state index in [-0.39, 0.29) is 23.4 Å². The molecule has 0 N–H and O–H groups in total. The lowest BCUT2D eigenvalue weighted by molar-refractivity contribution is -0.384. The zero-order valence-electron chi connectivity index (χ0n) is 22.2. The molecular formula is C29H25N3O7S. The largest absolute Gasteiger partial charge is 0.496 e. The summed E-state index contributed by atoms with van der Waals surface area (Å²) in [7, 11) is 1.53. The Morgan fingerprint density at radius 2 is 1.98 bits per heavy atom. The number of thiazole rings is 1. The molecule has 1 aliphatic heterocycles. The van der Waals surface area contributed by atoms with Crippen molar-refractivity contribution in [2.45, 2.75) is 26.8 Å². The summed E-state index contributed by atoms with van der Waals surface area (Å²) in [6.45, 7) is 5.38. The van der Waals surface area contributed by atoms with Crippen LogP contribution in [0.4, 0.5) is 5.69 Å². The molecule has 1 atom stereocenters. The van der Waals surface area contributed by atoms with Crippen molar-refractivity contribution in [2.75, 3.05) is 13.7 Å². The van der Waals surface area contributed by atoms with Crippen molar-refractivity contribution in [1.82, 2.24) is 4.57 Å². The molecule has 5 rings (SSSR count). The van der Waals surface area contributed by atoms with Crippen LogP contribution in [0.25, 0.3) is 17.4 Å². The van der Waals surface area contributed by atoms with Crippen LogP contribution in [0.15, 0.2) is 80.1 Å². The number of esters is 1. The van der Waals surface area contributed by atoms with Crippen molar-refractivity contribution in [3.05, 3.63) is 113 Å². The number of aryl methyl sites for hydroxylation is 1. The molecule has 2 aromatic heterocycles. The van der Waals surface area contributed by atoms with Crippen LogP contribution >= 0.6 is 11.3 Å². The Hall–Kier alpha value is -4.77. The topological polar surface area (TPSA) is 126 Å². The third-order valence-corrected chi connectivity index (χ3v) is 7.52. The van der Waals surface area contributed by atoms with E-state index in [1.54, 1.807) is 51.1 Å². The van der Waals surface area contributed by atoms with Gasteiger partial charge in [0.25, 0.3) is 11.2 Å². The van der Waals surface area contributed by atoms with Gasteiger partial charge in [0.1, 0.15) is 23.3 Å². The van der Waals surface area contributed by atoms with Crippen molar-refractivity contribution in [3.8, 4) is 17.1 Å². The predicted molar refractivity (Wildman–Crippen MR) is 149 cm³/mol. The highest BCUT2D eigenvalue weighted by atomic mass is 32.1. The lowest BCUT2D eigenvalue weighted by atomic mass is 9.95. The van der Waals surface area contributed by atoms with E-state index in [9.17, 15) is 19.7 Å². The minimum atomic E-state index is -0.802. The number of nitro benzene ring substituents is 1. The normalized spacial score (nSPS) is 15.0. The second-order valence-corrected chi connectivity index (χ2v) is 10.0. The monoisotopic (exact) mass is 559 g/mol. The lowest BCUT2D eigenvalue weighted by Gasteiger charge is -2.25. The maximum atomic E-state index is 13.8. The first-order valence-corrected chi connectivity index (χ1v) is 13.2. The third kappa shape index (κ3) is 4.75. The molecule has 10 nitrogen and oxygen atoms in total. The van der Waals surface area contributed by atoms with Gasteiger partial charge < -0.3 is 13.9 Å². The summed E-state index contributed by atoms with van der Waals surface area (Å²) >= 11 is 1.18. The van der Waals surface area contributed by atoms with Crippen LogP contribution in [0, 0.1) is 17.0 Å². The lowest BCUT2D eigenvalue weighted by Crippen LogP contribution is -2.40. The maximum Gasteiger partial charge on any atom is 0.338 e. The molecule has 2 aromatic carbocycles. The van der Waals surface area contributed by atoms with Crippen molar-refractivity contribution in [3.63, 3.8) is 0 Å². The van der Waals surface area contributed by atoms with E-state index in [2.05, 4.69) is 4.99 Å². The zero-order valence-corrected chi connectivity index (χ0v) is 23.0. The number of methoxy groups -OCH3 is 1. The van der Waals surface area contributed by atoms with Crippen LogP contribution in [0.3, 0.4) is 0 Å². The molecule has 0 bridgehead atoms. The second kappa shape index (κ2) is 10.8. The number of hydrogen-bond donors (Lipinski definition) is 0. The van der Waals surface area contributed by atoms with Gasteiger partial charge in [0.05, 0.1) is 34.4 Å². The maximum absolute atomic E-state index is 13.8. The van der Waals surface area contributed by atoms with Crippen LogP contribution in [-0.4, -0.2) is 29.2 Å². The van der Waals surface area contributed by atoms with Crippen molar-refractivity contribution < 1.29 is 23.6 Å². The Labute approximate surface area is 232 Å². The summed E-state index contributed by atoms with van der Waals surface area (Å²) < 4.78 is 18.8. The summed E-state index contributed by atoms with van der Waals surface area (Å²) in [5.41, 5.74) is 2.39. The van der Waals surface area contributed by atoms with E-state index >= 15 is 0 Å². The standard InChI is InChI=1S/C29H25N3O7S/c1-5-38-28(34)25-17(3)30-29-31(26(25)21-8-6-7-9-22(21)37-4)27(33)24(40-29)15-19-11-13-23(39-19)20-12-10-18(32(35)36)14-16(20)2/h6-15,26H,5H2,1-4H3/b24-15-. The molecule has 40 heavy (non-hydrogen) atoms. The number of rotatable bonds is 7. The van der Waals surface area contributed by atoms with Gasteiger partial charge in [0.15, 0.2) is 4.80 Å². The third-order valence-electron chi connectivity index (χ3n) is 6.54. The molecule has 1 unspecified atom stereocenters. The van der Waals surface area contributed by atoms with Gasteiger partial charge in [0, 0.05) is 29.3 Å². The Morgan fingerprint density at radius 1 is 1.20 bits per heavy atom. The van der Waals surface area contributed by atoms with Crippen LogP contribution < -0.4 is 19.6 Å². The van der Waals surface area contributed by atoms with Gasteiger partial charge in [-0.2, -0.15) is 0 Å². The molecule has 0 saturated carbocycles. The van der Waals surface area contributed by atoms with Crippen molar-refractivity contribution in [1.29, 1.82) is 0 Å². The van der Waals surface area contributed by atoms with Gasteiger partial charge in [-0.15, -0.1) is 0 Å². The molecule has 11 heteroatoms. The number of nitro groups is 1. The van der Waals surface area contributed by atoms with E-state index in [1.165, 1.54) is 35.1 Å².